The van der Waals surface area contributed by atoms with Gasteiger partial charge in [-0.15, -0.1) is 11.3 Å². The van der Waals surface area contributed by atoms with Crippen molar-refractivity contribution in [2.75, 3.05) is 24.3 Å². The maximum atomic E-state index is 5.45. The molecule has 2 aromatic rings. The number of anilines is 1. The van der Waals surface area contributed by atoms with Crippen LogP contribution in [-0.2, 0) is 4.74 Å². The number of amidine groups is 1. The lowest BCUT2D eigenvalue weighted by Gasteiger charge is -2.29. The summed E-state index contributed by atoms with van der Waals surface area (Å²) in [5.41, 5.74) is 1.25. The molecule has 4 rings (SSSR count). The van der Waals surface area contributed by atoms with Crippen molar-refractivity contribution in [2.24, 2.45) is 4.99 Å². The van der Waals surface area contributed by atoms with Crippen molar-refractivity contribution < 1.29 is 4.74 Å². The van der Waals surface area contributed by atoms with Crippen LogP contribution >= 0.6 is 23.1 Å². The number of nitrogens with zero attached hydrogens (tertiary/aromatic N) is 1. The summed E-state index contributed by atoms with van der Waals surface area (Å²) in [6.07, 6.45) is 2.10. The van der Waals surface area contributed by atoms with Crippen molar-refractivity contribution in [3.63, 3.8) is 0 Å². The zero-order chi connectivity index (χ0) is 13.4. The molecule has 20 heavy (non-hydrogen) atoms. The van der Waals surface area contributed by atoms with Gasteiger partial charge >= 0.3 is 0 Å². The Bertz CT molecular complexity index is 659. The molecule has 2 aliphatic rings. The lowest BCUT2D eigenvalue weighted by atomic mass is 9.93. The molecular formula is C15H16N2OS2. The van der Waals surface area contributed by atoms with Gasteiger partial charge in [0.1, 0.15) is 0 Å². The smallest absolute Gasteiger partial charge is 0.161 e. The summed E-state index contributed by atoms with van der Waals surface area (Å²) in [6, 6.07) is 8.67. The molecule has 3 nitrogen and oxygen atoms in total. The Morgan fingerprint density at radius 3 is 3.00 bits per heavy atom. The third-order valence-corrected chi connectivity index (χ3v) is 5.99. The molecule has 0 saturated carbocycles. The van der Waals surface area contributed by atoms with Gasteiger partial charge in [-0.1, -0.05) is 11.8 Å². The third-order valence-electron chi connectivity index (χ3n) is 3.94. The van der Waals surface area contributed by atoms with Crippen LogP contribution in [0.2, 0.25) is 0 Å². The van der Waals surface area contributed by atoms with E-state index in [0.717, 1.165) is 42.7 Å². The zero-order valence-corrected chi connectivity index (χ0v) is 12.7. The first-order valence-electron chi connectivity index (χ1n) is 6.88. The fourth-order valence-electron chi connectivity index (χ4n) is 2.72. The van der Waals surface area contributed by atoms with Crippen LogP contribution in [-0.4, -0.2) is 29.7 Å². The maximum Gasteiger partial charge on any atom is 0.161 e. The van der Waals surface area contributed by atoms with Crippen LogP contribution in [0.5, 0.6) is 0 Å². The maximum absolute atomic E-state index is 5.45. The van der Waals surface area contributed by atoms with E-state index >= 15 is 0 Å². The number of hydrogen-bond acceptors (Lipinski definition) is 5. The number of aliphatic imine (C=N–C) groups is 1. The van der Waals surface area contributed by atoms with E-state index in [9.17, 15) is 0 Å². The second kappa shape index (κ2) is 5.06. The van der Waals surface area contributed by atoms with Crippen LogP contribution in [0, 0.1) is 0 Å². The van der Waals surface area contributed by atoms with E-state index in [-0.39, 0.29) is 5.54 Å². The van der Waals surface area contributed by atoms with E-state index in [1.165, 1.54) is 10.1 Å². The van der Waals surface area contributed by atoms with Gasteiger partial charge in [-0.05, 0) is 47.9 Å². The minimum absolute atomic E-state index is 0.123. The summed E-state index contributed by atoms with van der Waals surface area (Å²) < 4.78 is 6.78. The van der Waals surface area contributed by atoms with Crippen molar-refractivity contribution in [1.29, 1.82) is 0 Å². The molecule has 1 fully saturated rings. The van der Waals surface area contributed by atoms with E-state index in [0.29, 0.717) is 0 Å². The van der Waals surface area contributed by atoms with Gasteiger partial charge in [0.2, 0.25) is 0 Å². The molecule has 0 radical (unpaired) electrons. The fourth-order valence-corrected chi connectivity index (χ4v) is 4.70. The number of rotatable bonds is 1. The number of thiophene rings is 1. The highest BCUT2D eigenvalue weighted by Crippen LogP contribution is 2.36. The van der Waals surface area contributed by atoms with Gasteiger partial charge < -0.3 is 10.1 Å². The largest absolute Gasteiger partial charge is 0.381 e. The molecule has 1 spiro atoms. The number of fused-ring (bicyclic) bond motifs is 1. The first-order valence-corrected chi connectivity index (χ1v) is 8.74. The molecule has 104 valence electrons. The van der Waals surface area contributed by atoms with Crippen molar-refractivity contribution in [2.45, 2.75) is 18.4 Å². The number of thioether (sulfide) groups is 1. The van der Waals surface area contributed by atoms with Gasteiger partial charge in [0.15, 0.2) is 5.17 Å². The van der Waals surface area contributed by atoms with Gasteiger partial charge in [0.05, 0.1) is 5.54 Å². The molecular weight excluding hydrogens is 288 g/mol. The SMILES string of the molecule is c1cc2cc(NC3=NC4(CCOCC4)CS3)ccc2s1. The highest BCUT2D eigenvalue weighted by atomic mass is 32.2. The molecule has 0 bridgehead atoms. The first kappa shape index (κ1) is 12.7. The summed E-state index contributed by atoms with van der Waals surface area (Å²) in [4.78, 5) is 4.93. The molecule has 0 aliphatic carbocycles. The minimum Gasteiger partial charge on any atom is -0.381 e. The topological polar surface area (TPSA) is 33.6 Å². The molecule has 1 saturated heterocycles. The van der Waals surface area contributed by atoms with Crippen molar-refractivity contribution >= 4 is 44.0 Å². The number of hydrogen-bond donors (Lipinski definition) is 1. The number of benzene rings is 1. The van der Waals surface area contributed by atoms with Crippen LogP contribution in [0.15, 0.2) is 34.6 Å². The Morgan fingerprint density at radius 1 is 1.20 bits per heavy atom. The average Bonchev–Trinajstić information content (AvgIpc) is 3.07. The van der Waals surface area contributed by atoms with Gasteiger partial charge in [0, 0.05) is 29.4 Å². The Balaban J connectivity index is 1.55. The summed E-state index contributed by atoms with van der Waals surface area (Å²) in [5.74, 6) is 1.08. The Hall–Kier alpha value is -1.04. The molecule has 1 aromatic heterocycles. The lowest BCUT2D eigenvalue weighted by molar-refractivity contribution is 0.0624. The average molecular weight is 304 g/mol. The Morgan fingerprint density at radius 2 is 2.10 bits per heavy atom. The summed E-state index contributed by atoms with van der Waals surface area (Å²) >= 11 is 3.62. The standard InChI is InChI=1S/C15H16N2OS2/c1-2-13-11(3-8-19-13)9-12(1)16-14-17-15(10-20-14)4-6-18-7-5-15/h1-3,8-9H,4-7,10H2,(H,16,17). The summed E-state index contributed by atoms with van der Waals surface area (Å²) in [6.45, 7) is 1.69. The van der Waals surface area contributed by atoms with Crippen molar-refractivity contribution in [3.8, 4) is 0 Å². The Labute approximate surface area is 126 Å². The normalized spacial score (nSPS) is 21.3. The zero-order valence-electron chi connectivity index (χ0n) is 11.1. The fraction of sp³-hybridized carbons (Fsp3) is 0.400. The molecule has 1 aromatic carbocycles. The van der Waals surface area contributed by atoms with E-state index in [1.807, 2.05) is 11.8 Å². The van der Waals surface area contributed by atoms with Crippen LogP contribution in [0.1, 0.15) is 12.8 Å². The quantitative estimate of drug-likeness (QED) is 0.865. The van der Waals surface area contributed by atoms with Crippen LogP contribution in [0.3, 0.4) is 0 Å². The monoisotopic (exact) mass is 304 g/mol. The predicted molar refractivity (Wildman–Crippen MR) is 88.1 cm³/mol. The third kappa shape index (κ3) is 2.34. The van der Waals surface area contributed by atoms with E-state index in [4.69, 9.17) is 9.73 Å². The highest BCUT2D eigenvalue weighted by Gasteiger charge is 2.37. The summed E-state index contributed by atoms with van der Waals surface area (Å²) in [7, 11) is 0. The first-order chi connectivity index (χ1) is 9.83. The van der Waals surface area contributed by atoms with Crippen LogP contribution in [0.4, 0.5) is 5.69 Å². The van der Waals surface area contributed by atoms with Crippen molar-refractivity contribution in [3.05, 3.63) is 29.6 Å². The highest BCUT2D eigenvalue weighted by molar-refractivity contribution is 8.14. The molecule has 2 aliphatic heterocycles. The number of ether oxygens (including phenoxy) is 1. The van der Waals surface area contributed by atoms with Crippen LogP contribution in [0.25, 0.3) is 10.1 Å². The second-order valence-corrected chi connectivity index (χ2v) is 7.25. The Kier molecular flexibility index (Phi) is 3.21. The summed E-state index contributed by atoms with van der Waals surface area (Å²) in [5, 5.41) is 7.96. The molecule has 0 atom stereocenters. The van der Waals surface area contributed by atoms with Crippen LogP contribution < -0.4 is 5.32 Å². The molecule has 3 heterocycles. The molecule has 0 unspecified atom stereocenters. The van der Waals surface area contributed by atoms with E-state index < -0.39 is 0 Å². The molecule has 0 amide bonds. The lowest BCUT2D eigenvalue weighted by Crippen LogP contribution is -2.34. The van der Waals surface area contributed by atoms with Gasteiger partial charge in [-0.3, -0.25) is 4.99 Å². The van der Waals surface area contributed by atoms with Crippen molar-refractivity contribution in [1.82, 2.24) is 0 Å². The minimum atomic E-state index is 0.123. The van der Waals surface area contributed by atoms with E-state index in [2.05, 4.69) is 35.0 Å². The second-order valence-electron chi connectivity index (χ2n) is 5.34. The van der Waals surface area contributed by atoms with E-state index in [1.54, 1.807) is 11.3 Å². The number of nitrogens with one attached hydrogen (secondary N) is 1. The molecule has 1 N–H and O–H groups in total. The van der Waals surface area contributed by atoms with Gasteiger partial charge in [-0.2, -0.15) is 0 Å². The molecule has 5 heteroatoms. The van der Waals surface area contributed by atoms with Gasteiger partial charge in [0.25, 0.3) is 0 Å². The predicted octanol–water partition coefficient (Wildman–Crippen LogP) is 3.97. The van der Waals surface area contributed by atoms with Gasteiger partial charge in [-0.25, -0.2) is 0 Å².